The first kappa shape index (κ1) is 12.1. The minimum atomic E-state index is 0.0862. The molecule has 0 aliphatic heterocycles. The lowest BCUT2D eigenvalue weighted by Gasteiger charge is -2.12. The maximum atomic E-state index is 11.4. The van der Waals surface area contributed by atoms with Gasteiger partial charge >= 0.3 is 0 Å². The Labute approximate surface area is 102 Å². The van der Waals surface area contributed by atoms with Gasteiger partial charge in [0.2, 0.25) is 5.91 Å². The summed E-state index contributed by atoms with van der Waals surface area (Å²) in [5.74, 6) is 0.0862. The van der Waals surface area contributed by atoms with Crippen LogP contribution in [0.15, 0.2) is 12.5 Å². The van der Waals surface area contributed by atoms with E-state index in [1.165, 1.54) is 0 Å². The number of nitrogens with zero attached hydrogens (tertiary/aromatic N) is 2. The molecule has 1 aliphatic carbocycles. The van der Waals surface area contributed by atoms with E-state index in [1.54, 1.807) is 0 Å². The third kappa shape index (κ3) is 3.56. The van der Waals surface area contributed by atoms with Gasteiger partial charge in [-0.15, -0.1) is 0 Å². The number of hydrogen-bond acceptors (Lipinski definition) is 3. The number of amides is 1. The summed E-state index contributed by atoms with van der Waals surface area (Å²) in [6.45, 7) is 5.28. The van der Waals surface area contributed by atoms with Crippen molar-refractivity contribution in [2.75, 3.05) is 6.54 Å². The molecule has 1 saturated carbocycles. The van der Waals surface area contributed by atoms with E-state index < -0.39 is 0 Å². The third-order valence-electron chi connectivity index (χ3n) is 2.84. The molecule has 1 aliphatic rings. The van der Waals surface area contributed by atoms with Gasteiger partial charge in [-0.3, -0.25) is 4.79 Å². The van der Waals surface area contributed by atoms with Crippen molar-refractivity contribution in [2.24, 2.45) is 0 Å². The van der Waals surface area contributed by atoms with Crippen LogP contribution in [0.4, 0.5) is 0 Å². The number of rotatable bonds is 6. The molecule has 0 atom stereocenters. The Hall–Kier alpha value is -1.36. The number of hydrogen-bond donors (Lipinski definition) is 2. The molecule has 0 aromatic carbocycles. The normalized spacial score (nSPS) is 15.2. The molecule has 0 bridgehead atoms. The maximum absolute atomic E-state index is 11.4. The van der Waals surface area contributed by atoms with E-state index in [2.05, 4.69) is 34.0 Å². The van der Waals surface area contributed by atoms with Crippen molar-refractivity contribution in [3.63, 3.8) is 0 Å². The van der Waals surface area contributed by atoms with E-state index in [-0.39, 0.29) is 5.91 Å². The third-order valence-corrected chi connectivity index (χ3v) is 2.84. The SMILES string of the molecule is CC(C)n1cncc1CNCC(=O)NC1CC1. The highest BCUT2D eigenvalue weighted by molar-refractivity contribution is 5.78. The van der Waals surface area contributed by atoms with E-state index in [4.69, 9.17) is 0 Å². The number of carbonyl (C=O) groups is 1. The summed E-state index contributed by atoms with van der Waals surface area (Å²) in [4.78, 5) is 15.6. The summed E-state index contributed by atoms with van der Waals surface area (Å²) in [5, 5.41) is 6.09. The average Bonchev–Trinajstić information content (AvgIpc) is 2.94. The first-order valence-corrected chi connectivity index (χ1v) is 6.17. The molecule has 17 heavy (non-hydrogen) atoms. The van der Waals surface area contributed by atoms with Gasteiger partial charge in [-0.05, 0) is 26.7 Å². The fourth-order valence-electron chi connectivity index (χ4n) is 1.74. The van der Waals surface area contributed by atoms with Gasteiger partial charge in [0, 0.05) is 24.8 Å². The molecule has 1 amide bonds. The van der Waals surface area contributed by atoms with Crippen LogP contribution in [0.3, 0.4) is 0 Å². The zero-order valence-electron chi connectivity index (χ0n) is 10.4. The summed E-state index contributed by atoms with van der Waals surface area (Å²) in [6, 6.07) is 0.833. The van der Waals surface area contributed by atoms with Gasteiger partial charge in [-0.25, -0.2) is 4.98 Å². The van der Waals surface area contributed by atoms with Crippen LogP contribution < -0.4 is 10.6 Å². The first-order chi connectivity index (χ1) is 8.16. The highest BCUT2D eigenvalue weighted by atomic mass is 16.2. The zero-order chi connectivity index (χ0) is 12.3. The first-order valence-electron chi connectivity index (χ1n) is 6.17. The highest BCUT2D eigenvalue weighted by Gasteiger charge is 2.22. The predicted octanol–water partition coefficient (Wildman–Crippen LogP) is 0.832. The molecule has 94 valence electrons. The Morgan fingerprint density at radius 1 is 1.59 bits per heavy atom. The lowest BCUT2D eigenvalue weighted by molar-refractivity contribution is -0.120. The Balaban J connectivity index is 1.73. The Kier molecular flexibility index (Phi) is 3.78. The van der Waals surface area contributed by atoms with Crippen molar-refractivity contribution in [1.29, 1.82) is 0 Å². The molecule has 2 rings (SSSR count). The lowest BCUT2D eigenvalue weighted by Crippen LogP contribution is -2.35. The van der Waals surface area contributed by atoms with E-state index in [0.717, 1.165) is 18.5 Å². The summed E-state index contributed by atoms with van der Waals surface area (Å²) in [5.41, 5.74) is 1.11. The van der Waals surface area contributed by atoms with Gasteiger partial charge in [0.15, 0.2) is 0 Å². The number of imidazole rings is 1. The summed E-state index contributed by atoms with van der Waals surface area (Å²) >= 11 is 0. The Morgan fingerprint density at radius 3 is 3.00 bits per heavy atom. The molecular formula is C12H20N4O. The summed E-state index contributed by atoms with van der Waals surface area (Å²) < 4.78 is 2.10. The summed E-state index contributed by atoms with van der Waals surface area (Å²) in [6.07, 6.45) is 5.93. The Morgan fingerprint density at radius 2 is 2.35 bits per heavy atom. The van der Waals surface area contributed by atoms with Crippen molar-refractivity contribution in [3.05, 3.63) is 18.2 Å². The molecule has 0 spiro atoms. The molecule has 5 heteroatoms. The molecule has 0 saturated heterocycles. The van der Waals surface area contributed by atoms with Crippen molar-refractivity contribution in [2.45, 2.75) is 45.3 Å². The minimum Gasteiger partial charge on any atom is -0.352 e. The molecular weight excluding hydrogens is 216 g/mol. The topological polar surface area (TPSA) is 59.0 Å². The second-order valence-corrected chi connectivity index (χ2v) is 4.83. The van der Waals surface area contributed by atoms with Crippen LogP contribution in [0.5, 0.6) is 0 Å². The quantitative estimate of drug-likeness (QED) is 0.769. The maximum Gasteiger partial charge on any atom is 0.234 e. The minimum absolute atomic E-state index is 0.0862. The fourth-order valence-corrected chi connectivity index (χ4v) is 1.74. The molecule has 1 aromatic heterocycles. The average molecular weight is 236 g/mol. The van der Waals surface area contributed by atoms with Crippen LogP contribution in [0.25, 0.3) is 0 Å². The second kappa shape index (κ2) is 5.31. The van der Waals surface area contributed by atoms with Gasteiger partial charge in [0.1, 0.15) is 0 Å². The van der Waals surface area contributed by atoms with Gasteiger partial charge in [0.25, 0.3) is 0 Å². The van der Waals surface area contributed by atoms with Crippen LogP contribution >= 0.6 is 0 Å². The number of aromatic nitrogens is 2. The van der Waals surface area contributed by atoms with Gasteiger partial charge < -0.3 is 15.2 Å². The van der Waals surface area contributed by atoms with E-state index in [0.29, 0.717) is 25.2 Å². The van der Waals surface area contributed by atoms with E-state index >= 15 is 0 Å². The van der Waals surface area contributed by atoms with Crippen molar-refractivity contribution < 1.29 is 4.79 Å². The smallest absolute Gasteiger partial charge is 0.234 e. The van der Waals surface area contributed by atoms with Gasteiger partial charge in [0.05, 0.1) is 18.6 Å². The molecule has 2 N–H and O–H groups in total. The zero-order valence-corrected chi connectivity index (χ0v) is 10.4. The fraction of sp³-hybridized carbons (Fsp3) is 0.667. The largest absolute Gasteiger partial charge is 0.352 e. The molecule has 1 fully saturated rings. The van der Waals surface area contributed by atoms with E-state index in [9.17, 15) is 4.79 Å². The van der Waals surface area contributed by atoms with Gasteiger partial charge in [-0.2, -0.15) is 0 Å². The van der Waals surface area contributed by atoms with Crippen LogP contribution in [-0.4, -0.2) is 28.0 Å². The monoisotopic (exact) mass is 236 g/mol. The van der Waals surface area contributed by atoms with E-state index in [1.807, 2.05) is 12.5 Å². The van der Waals surface area contributed by atoms with Crippen LogP contribution in [0.2, 0.25) is 0 Å². The molecule has 0 unspecified atom stereocenters. The molecule has 0 radical (unpaired) electrons. The second-order valence-electron chi connectivity index (χ2n) is 4.83. The number of nitrogens with one attached hydrogen (secondary N) is 2. The van der Waals surface area contributed by atoms with Crippen molar-refractivity contribution in [3.8, 4) is 0 Å². The standard InChI is InChI=1S/C12H20N4O/c1-9(2)16-8-14-6-11(16)5-13-7-12(17)15-10-3-4-10/h6,8-10,13H,3-5,7H2,1-2H3,(H,15,17). The van der Waals surface area contributed by atoms with Crippen LogP contribution in [-0.2, 0) is 11.3 Å². The predicted molar refractivity (Wildman–Crippen MR) is 65.5 cm³/mol. The van der Waals surface area contributed by atoms with Crippen molar-refractivity contribution >= 4 is 5.91 Å². The molecule has 5 nitrogen and oxygen atoms in total. The number of carbonyl (C=O) groups excluding carboxylic acids is 1. The lowest BCUT2D eigenvalue weighted by atomic mass is 10.3. The van der Waals surface area contributed by atoms with Crippen LogP contribution in [0.1, 0.15) is 38.4 Å². The molecule has 1 heterocycles. The molecule has 1 aromatic rings. The van der Waals surface area contributed by atoms with Gasteiger partial charge in [-0.1, -0.05) is 0 Å². The highest BCUT2D eigenvalue weighted by Crippen LogP contribution is 2.18. The Bertz CT molecular complexity index is 382. The van der Waals surface area contributed by atoms with Crippen LogP contribution in [0, 0.1) is 0 Å². The summed E-state index contributed by atoms with van der Waals surface area (Å²) in [7, 11) is 0. The van der Waals surface area contributed by atoms with Crippen molar-refractivity contribution in [1.82, 2.24) is 20.2 Å².